The molecular weight excluding hydrogens is 410 g/mol. The van der Waals surface area contributed by atoms with Crippen molar-refractivity contribution in [2.45, 2.75) is 25.0 Å². The van der Waals surface area contributed by atoms with Crippen LogP contribution in [0.1, 0.15) is 13.8 Å². The fourth-order valence-electron chi connectivity index (χ4n) is 2.44. The van der Waals surface area contributed by atoms with E-state index in [0.29, 0.717) is 0 Å². The van der Waals surface area contributed by atoms with E-state index in [1.807, 2.05) is 0 Å². The molecule has 4 unspecified atom stereocenters. The summed E-state index contributed by atoms with van der Waals surface area (Å²) in [7, 11) is 0. The first-order valence-corrected chi connectivity index (χ1v) is 7.57. The van der Waals surface area contributed by atoms with Gasteiger partial charge in [0.05, 0.1) is 23.8 Å². The molecule has 0 aromatic carbocycles. The molecule has 9 heteroatoms. The van der Waals surface area contributed by atoms with Crippen LogP contribution in [0.15, 0.2) is 48.6 Å². The van der Waals surface area contributed by atoms with E-state index in [1.165, 1.54) is 36.5 Å². The standard InChI is InChI=1S/2C9H10O4.Zn/c2*1-6(10)9(13)5-3-2-4-7(9)8(11)12;/h2*2-5,7,13H,1H3,(H,11,12);/q;;+2/p-2. The molecule has 0 spiro atoms. The molecule has 0 aliphatic heterocycles. The van der Waals surface area contributed by atoms with Gasteiger partial charge in [-0.3, -0.25) is 9.59 Å². The zero-order chi connectivity index (χ0) is 20.1. The fourth-order valence-corrected chi connectivity index (χ4v) is 2.44. The maximum Gasteiger partial charge on any atom is 2.00 e. The van der Waals surface area contributed by atoms with Gasteiger partial charge in [-0.2, -0.15) is 0 Å². The van der Waals surface area contributed by atoms with Crippen LogP contribution in [-0.4, -0.2) is 44.9 Å². The summed E-state index contributed by atoms with van der Waals surface area (Å²) >= 11 is 0. The molecule has 0 fully saturated rings. The monoisotopic (exact) mass is 426 g/mol. The van der Waals surface area contributed by atoms with Crippen LogP contribution in [-0.2, 0) is 38.7 Å². The van der Waals surface area contributed by atoms with Crippen LogP contribution < -0.4 is 10.2 Å². The van der Waals surface area contributed by atoms with E-state index in [2.05, 4.69) is 0 Å². The van der Waals surface area contributed by atoms with Gasteiger partial charge in [0.25, 0.3) is 0 Å². The first-order chi connectivity index (χ1) is 12.0. The molecule has 0 bridgehead atoms. The van der Waals surface area contributed by atoms with Crippen LogP contribution in [0.25, 0.3) is 0 Å². The van der Waals surface area contributed by atoms with E-state index in [9.17, 15) is 39.6 Å². The summed E-state index contributed by atoms with van der Waals surface area (Å²) in [6.07, 6.45) is 10.6. The Balaban J connectivity index is 0.000000483. The largest absolute Gasteiger partial charge is 2.00 e. The summed E-state index contributed by atoms with van der Waals surface area (Å²) < 4.78 is 0. The Morgan fingerprint density at radius 3 is 1.22 bits per heavy atom. The first-order valence-electron chi connectivity index (χ1n) is 7.57. The van der Waals surface area contributed by atoms with Gasteiger partial charge in [0.2, 0.25) is 0 Å². The third kappa shape index (κ3) is 5.38. The summed E-state index contributed by atoms with van der Waals surface area (Å²) in [5.74, 6) is -6.73. The molecule has 0 amide bonds. The maximum atomic E-state index is 11.0. The molecule has 2 aliphatic carbocycles. The normalized spacial score (nSPS) is 30.5. The maximum absolute atomic E-state index is 11.0. The average molecular weight is 428 g/mol. The van der Waals surface area contributed by atoms with Crippen LogP contribution in [0.3, 0.4) is 0 Å². The fraction of sp³-hybridized carbons (Fsp3) is 0.333. The van der Waals surface area contributed by atoms with Crippen molar-refractivity contribution in [1.82, 2.24) is 0 Å². The Morgan fingerprint density at radius 2 is 1.04 bits per heavy atom. The molecule has 0 saturated carbocycles. The average Bonchev–Trinajstić information content (AvgIpc) is 2.55. The molecule has 2 aliphatic rings. The molecule has 140 valence electrons. The predicted octanol–water partition coefficient (Wildman–Crippen LogP) is -2.41. The van der Waals surface area contributed by atoms with E-state index < -0.39 is 46.5 Å². The van der Waals surface area contributed by atoms with Gasteiger partial charge in [0.15, 0.2) is 22.8 Å². The zero-order valence-corrected chi connectivity index (χ0v) is 17.8. The number of hydrogen-bond donors (Lipinski definition) is 2. The van der Waals surface area contributed by atoms with Crippen molar-refractivity contribution < 1.29 is 59.1 Å². The molecule has 0 heterocycles. The van der Waals surface area contributed by atoms with Crippen LogP contribution in [0, 0.1) is 11.8 Å². The van der Waals surface area contributed by atoms with E-state index in [-0.39, 0.29) is 19.5 Å². The van der Waals surface area contributed by atoms with Crippen molar-refractivity contribution in [3.05, 3.63) is 48.6 Å². The predicted molar refractivity (Wildman–Crippen MR) is 84.8 cm³/mol. The van der Waals surface area contributed by atoms with E-state index >= 15 is 0 Å². The van der Waals surface area contributed by atoms with Gasteiger partial charge >= 0.3 is 19.5 Å². The molecule has 2 N–H and O–H groups in total. The Kier molecular flexibility index (Phi) is 8.85. The third-order valence-corrected chi connectivity index (χ3v) is 4.11. The zero-order valence-electron chi connectivity index (χ0n) is 14.8. The Labute approximate surface area is 168 Å². The number of ketones is 2. The molecule has 0 radical (unpaired) electrons. The summed E-state index contributed by atoms with van der Waals surface area (Å²) in [4.78, 5) is 43.2. The second-order valence-electron chi connectivity index (χ2n) is 5.84. The Hall–Kier alpha value is -2.22. The number of allylic oxidation sites excluding steroid dienone is 4. The summed E-state index contributed by atoms with van der Waals surface area (Å²) in [5, 5.41) is 40.5. The van der Waals surface area contributed by atoms with Crippen molar-refractivity contribution in [1.29, 1.82) is 0 Å². The van der Waals surface area contributed by atoms with E-state index in [0.717, 1.165) is 26.0 Å². The van der Waals surface area contributed by atoms with Gasteiger partial charge in [0, 0.05) is 0 Å². The van der Waals surface area contributed by atoms with Crippen LogP contribution in [0.2, 0.25) is 0 Å². The first kappa shape index (κ1) is 24.8. The molecular formula is C18H18O8Zn. The second kappa shape index (κ2) is 9.64. The van der Waals surface area contributed by atoms with Crippen LogP contribution >= 0.6 is 0 Å². The van der Waals surface area contributed by atoms with Crippen molar-refractivity contribution >= 4 is 23.5 Å². The van der Waals surface area contributed by atoms with E-state index in [4.69, 9.17) is 0 Å². The number of rotatable bonds is 4. The topological polar surface area (TPSA) is 155 Å². The second-order valence-corrected chi connectivity index (χ2v) is 5.84. The molecule has 4 atom stereocenters. The van der Waals surface area contributed by atoms with Gasteiger partial charge in [-0.25, -0.2) is 0 Å². The quantitative estimate of drug-likeness (QED) is 0.470. The number of hydrogen-bond acceptors (Lipinski definition) is 8. The van der Waals surface area contributed by atoms with Crippen molar-refractivity contribution in [3.63, 3.8) is 0 Å². The van der Waals surface area contributed by atoms with Crippen LogP contribution in [0.4, 0.5) is 0 Å². The minimum atomic E-state index is -1.95. The third-order valence-electron chi connectivity index (χ3n) is 4.11. The summed E-state index contributed by atoms with van der Waals surface area (Å²) in [5.41, 5.74) is -3.90. The van der Waals surface area contributed by atoms with Crippen molar-refractivity contribution in [3.8, 4) is 0 Å². The van der Waals surface area contributed by atoms with Crippen LogP contribution in [0.5, 0.6) is 0 Å². The number of Topliss-reactive ketones (excluding diaryl/α,β-unsaturated/α-hetero) is 2. The van der Waals surface area contributed by atoms with Gasteiger partial charge in [-0.05, 0) is 26.0 Å². The van der Waals surface area contributed by atoms with Crippen molar-refractivity contribution in [2.75, 3.05) is 0 Å². The smallest absolute Gasteiger partial charge is 0.549 e. The minimum Gasteiger partial charge on any atom is -0.549 e. The molecule has 0 aromatic rings. The number of carboxylic acids is 2. The summed E-state index contributed by atoms with van der Waals surface area (Å²) in [6, 6.07) is 0. The number of aliphatic carboxylic acids is 2. The molecule has 2 rings (SSSR count). The number of aliphatic hydroxyl groups is 2. The number of carbonyl (C=O) groups is 4. The van der Waals surface area contributed by atoms with Gasteiger partial charge in [0.1, 0.15) is 0 Å². The molecule has 0 saturated heterocycles. The summed E-state index contributed by atoms with van der Waals surface area (Å²) in [6.45, 7) is 2.28. The minimum absolute atomic E-state index is 0. The van der Waals surface area contributed by atoms with Gasteiger partial charge in [-0.1, -0.05) is 36.5 Å². The van der Waals surface area contributed by atoms with E-state index in [1.54, 1.807) is 0 Å². The number of carbonyl (C=O) groups excluding carboxylic acids is 4. The van der Waals surface area contributed by atoms with Gasteiger partial charge < -0.3 is 30.0 Å². The molecule has 0 aromatic heterocycles. The SMILES string of the molecule is CC(=O)C1(O)C=CC=CC1C(=O)[O-].CC(=O)C1(O)C=CC=CC1C(=O)[O-].[Zn+2]. The molecule has 27 heavy (non-hydrogen) atoms. The Bertz CT molecular complexity index is 674. The molecule has 8 nitrogen and oxygen atoms in total. The Morgan fingerprint density at radius 1 is 0.741 bits per heavy atom. The number of carboxylic acid groups (broad SMARTS) is 2. The van der Waals surface area contributed by atoms with Crippen molar-refractivity contribution in [2.24, 2.45) is 11.8 Å². The van der Waals surface area contributed by atoms with Gasteiger partial charge in [-0.15, -0.1) is 0 Å².